The standard InChI is InChI=1S/C31H50N2O3/c1-7-8-9-28(36-21(3)34)29(35)33(6)23-14-16-30(4)22(18-23)10-11-24-26(30)15-17-31-19-32(5)20(2)25(31)12-13-27(24)31/h10,20,23-28H,7-9,11-19H2,1-6H3/t20-,23-,24+,25?,26-,27-,28?,30-,31-/m0/s1. The smallest absolute Gasteiger partial charge is 0.303 e. The van der Waals surface area contributed by atoms with Crippen molar-refractivity contribution in [3.8, 4) is 0 Å². The summed E-state index contributed by atoms with van der Waals surface area (Å²) in [5.41, 5.74) is 2.47. The minimum absolute atomic E-state index is 0.0161. The second-order valence-corrected chi connectivity index (χ2v) is 13.5. The minimum Gasteiger partial charge on any atom is -0.452 e. The molecule has 0 aromatic heterocycles. The molecule has 5 nitrogen and oxygen atoms in total. The summed E-state index contributed by atoms with van der Waals surface area (Å²) < 4.78 is 5.46. The number of likely N-dealkylation sites (N-methyl/N-ethyl adjacent to an activating group) is 1. The Morgan fingerprint density at radius 3 is 2.64 bits per heavy atom. The molecule has 1 aliphatic heterocycles. The van der Waals surface area contributed by atoms with Gasteiger partial charge < -0.3 is 14.5 Å². The number of hydrogen-bond donors (Lipinski definition) is 0. The van der Waals surface area contributed by atoms with Crippen molar-refractivity contribution >= 4 is 11.9 Å². The number of rotatable bonds is 6. The van der Waals surface area contributed by atoms with Crippen molar-refractivity contribution in [2.75, 3.05) is 20.6 Å². The number of hydrogen-bond acceptors (Lipinski definition) is 4. The van der Waals surface area contributed by atoms with Crippen LogP contribution in [0.15, 0.2) is 11.6 Å². The van der Waals surface area contributed by atoms with Gasteiger partial charge in [-0.2, -0.15) is 0 Å². The summed E-state index contributed by atoms with van der Waals surface area (Å²) in [5.74, 6) is 3.07. The fourth-order valence-electron chi connectivity index (χ4n) is 10.0. The molecular weight excluding hydrogens is 448 g/mol. The maximum Gasteiger partial charge on any atom is 0.303 e. The van der Waals surface area contributed by atoms with E-state index in [0.717, 1.165) is 55.4 Å². The third kappa shape index (κ3) is 4.07. The van der Waals surface area contributed by atoms with Gasteiger partial charge in [0.25, 0.3) is 5.91 Å². The number of carbonyl (C=O) groups excluding carboxylic acids is 2. The summed E-state index contributed by atoms with van der Waals surface area (Å²) >= 11 is 0. The zero-order valence-corrected chi connectivity index (χ0v) is 23.7. The lowest BCUT2D eigenvalue weighted by Crippen LogP contribution is -2.53. The molecule has 0 N–H and O–H groups in total. The van der Waals surface area contributed by atoms with Crippen LogP contribution >= 0.6 is 0 Å². The van der Waals surface area contributed by atoms with Crippen molar-refractivity contribution in [2.45, 2.75) is 117 Å². The number of fused-ring (bicyclic) bond motifs is 4. The molecule has 0 radical (unpaired) electrons. The van der Waals surface area contributed by atoms with E-state index in [1.165, 1.54) is 52.0 Å². The van der Waals surface area contributed by atoms with Crippen molar-refractivity contribution in [3.05, 3.63) is 11.6 Å². The highest BCUT2D eigenvalue weighted by Gasteiger charge is 2.64. The molecule has 1 spiro atoms. The van der Waals surface area contributed by atoms with Gasteiger partial charge in [0.1, 0.15) is 0 Å². The Bertz CT molecular complexity index is 900. The summed E-state index contributed by atoms with van der Waals surface area (Å²) in [6, 6.07) is 0.955. The van der Waals surface area contributed by atoms with E-state index in [0.29, 0.717) is 11.8 Å². The predicted octanol–water partition coefficient (Wildman–Crippen LogP) is 5.83. The molecule has 0 bridgehead atoms. The number of carbonyl (C=O) groups is 2. The van der Waals surface area contributed by atoms with Crippen LogP contribution in [0.4, 0.5) is 0 Å². The van der Waals surface area contributed by atoms with E-state index in [1.807, 2.05) is 11.9 Å². The number of likely N-dealkylation sites (tertiary alicyclic amines) is 1. The quantitative estimate of drug-likeness (QED) is 0.342. The molecule has 4 aliphatic carbocycles. The number of unbranched alkanes of at least 4 members (excludes halogenated alkanes) is 1. The second kappa shape index (κ2) is 9.75. The monoisotopic (exact) mass is 498 g/mol. The SMILES string of the molecule is CCCCC(OC(C)=O)C(=O)N(C)[C@H]1CC[C@@]2(C)C(=CC[C@H]3[C@@H]4CCC5[C@H](C)N(C)C[C@@]54CC[C@@H]32)C1. The number of nitrogens with zero attached hydrogens (tertiary/aromatic N) is 2. The average molecular weight is 499 g/mol. The average Bonchev–Trinajstić information content (AvgIpc) is 3.33. The van der Waals surface area contributed by atoms with Gasteiger partial charge in [-0.25, -0.2) is 0 Å². The third-order valence-corrected chi connectivity index (χ3v) is 12.0. The van der Waals surface area contributed by atoms with Gasteiger partial charge in [-0.15, -0.1) is 0 Å². The van der Waals surface area contributed by atoms with Gasteiger partial charge in [0, 0.05) is 32.6 Å². The molecule has 5 rings (SSSR count). The lowest BCUT2D eigenvalue weighted by Gasteiger charge is -2.58. The first-order valence-corrected chi connectivity index (χ1v) is 15.0. The highest BCUT2D eigenvalue weighted by molar-refractivity contribution is 5.83. The summed E-state index contributed by atoms with van der Waals surface area (Å²) in [6.45, 7) is 9.86. The molecule has 0 aromatic rings. The highest BCUT2D eigenvalue weighted by atomic mass is 16.5. The van der Waals surface area contributed by atoms with Crippen LogP contribution in [0.1, 0.15) is 98.3 Å². The van der Waals surface area contributed by atoms with Gasteiger partial charge in [0.2, 0.25) is 0 Å². The van der Waals surface area contributed by atoms with Crippen LogP contribution in [0.3, 0.4) is 0 Å². The molecular formula is C31H50N2O3. The number of ether oxygens (including phenoxy) is 1. The van der Waals surface area contributed by atoms with Gasteiger partial charge in [-0.05, 0) is 113 Å². The molecule has 2 unspecified atom stereocenters. The van der Waals surface area contributed by atoms with Gasteiger partial charge in [-0.1, -0.05) is 31.9 Å². The predicted molar refractivity (Wildman–Crippen MR) is 143 cm³/mol. The van der Waals surface area contributed by atoms with Crippen molar-refractivity contribution in [3.63, 3.8) is 0 Å². The fourth-order valence-corrected chi connectivity index (χ4v) is 10.0. The first-order chi connectivity index (χ1) is 17.1. The third-order valence-electron chi connectivity index (χ3n) is 12.0. The Labute approximate surface area is 219 Å². The highest BCUT2D eigenvalue weighted by Crippen LogP contribution is 2.68. The number of allylic oxidation sites excluding steroid dienone is 1. The number of amides is 1. The molecule has 1 amide bonds. The van der Waals surface area contributed by atoms with E-state index in [1.54, 1.807) is 5.57 Å². The summed E-state index contributed by atoms with van der Waals surface area (Å²) in [4.78, 5) is 29.6. The molecule has 1 saturated heterocycles. The molecule has 36 heavy (non-hydrogen) atoms. The summed E-state index contributed by atoms with van der Waals surface area (Å²) in [5, 5.41) is 0. The second-order valence-electron chi connectivity index (χ2n) is 13.5. The maximum atomic E-state index is 13.4. The van der Waals surface area contributed by atoms with Crippen LogP contribution in [-0.4, -0.2) is 60.5 Å². The first-order valence-electron chi connectivity index (χ1n) is 15.0. The van der Waals surface area contributed by atoms with Crippen molar-refractivity contribution < 1.29 is 14.3 Å². The van der Waals surface area contributed by atoms with Gasteiger partial charge >= 0.3 is 5.97 Å². The van der Waals surface area contributed by atoms with E-state index >= 15 is 0 Å². The first kappa shape index (κ1) is 26.3. The Morgan fingerprint density at radius 1 is 1.17 bits per heavy atom. The minimum atomic E-state index is -0.637. The van der Waals surface area contributed by atoms with Crippen LogP contribution in [-0.2, 0) is 14.3 Å². The van der Waals surface area contributed by atoms with Gasteiger partial charge in [-0.3, -0.25) is 9.59 Å². The molecule has 5 heteroatoms. The van der Waals surface area contributed by atoms with E-state index < -0.39 is 6.10 Å². The van der Waals surface area contributed by atoms with E-state index in [-0.39, 0.29) is 23.3 Å². The Kier molecular flexibility index (Phi) is 7.11. The largest absolute Gasteiger partial charge is 0.452 e. The molecule has 9 atom stereocenters. The molecule has 4 fully saturated rings. The summed E-state index contributed by atoms with van der Waals surface area (Å²) in [6.07, 6.45) is 14.6. The molecule has 1 heterocycles. The lowest BCUT2D eigenvalue weighted by atomic mass is 9.47. The Hall–Kier alpha value is -1.36. The number of esters is 1. The molecule has 202 valence electrons. The van der Waals surface area contributed by atoms with Crippen LogP contribution in [0.2, 0.25) is 0 Å². The summed E-state index contributed by atoms with van der Waals surface area (Å²) in [7, 11) is 4.29. The van der Waals surface area contributed by atoms with Crippen LogP contribution in [0.25, 0.3) is 0 Å². The van der Waals surface area contributed by atoms with E-state index in [2.05, 4.69) is 38.8 Å². The zero-order chi connectivity index (χ0) is 25.8. The Morgan fingerprint density at radius 2 is 1.92 bits per heavy atom. The van der Waals surface area contributed by atoms with Crippen molar-refractivity contribution in [2.24, 2.45) is 34.5 Å². The topological polar surface area (TPSA) is 49.9 Å². The molecule has 5 aliphatic rings. The lowest BCUT2D eigenvalue weighted by molar-refractivity contribution is -0.160. The fraction of sp³-hybridized carbons (Fsp3) is 0.871. The zero-order valence-electron chi connectivity index (χ0n) is 23.7. The normalized spacial score (nSPS) is 42.4. The van der Waals surface area contributed by atoms with Crippen LogP contribution in [0, 0.1) is 34.5 Å². The van der Waals surface area contributed by atoms with Gasteiger partial charge in [0.15, 0.2) is 6.10 Å². The van der Waals surface area contributed by atoms with Crippen LogP contribution < -0.4 is 0 Å². The van der Waals surface area contributed by atoms with E-state index in [4.69, 9.17) is 4.74 Å². The van der Waals surface area contributed by atoms with Crippen LogP contribution in [0.5, 0.6) is 0 Å². The van der Waals surface area contributed by atoms with Crippen molar-refractivity contribution in [1.29, 1.82) is 0 Å². The van der Waals surface area contributed by atoms with Crippen molar-refractivity contribution in [1.82, 2.24) is 9.80 Å². The van der Waals surface area contributed by atoms with Gasteiger partial charge in [0.05, 0.1) is 0 Å². The Balaban J connectivity index is 1.31. The molecule has 0 aromatic carbocycles. The van der Waals surface area contributed by atoms with E-state index in [9.17, 15) is 9.59 Å². The maximum absolute atomic E-state index is 13.4. The molecule has 3 saturated carbocycles.